The first-order valence-electron chi connectivity index (χ1n) is 1.93. The molecule has 0 aromatic rings. The molecule has 4 nitrogen and oxygen atoms in total. The van der Waals surface area contributed by atoms with E-state index < -0.39 is 23.9 Å². The maximum atomic E-state index is 11.1. The molecule has 5 heteroatoms. The topological polar surface area (TPSA) is 60.2 Å². The van der Waals surface area contributed by atoms with Crippen molar-refractivity contribution < 1.29 is 14.1 Å². The Morgan fingerprint density at radius 2 is 2.25 bits per heavy atom. The van der Waals surface area contributed by atoms with Crippen LogP contribution in [0.5, 0.6) is 0 Å². The van der Waals surface area contributed by atoms with Crippen LogP contribution in [0.1, 0.15) is 6.42 Å². The monoisotopic (exact) mass is 121 g/mol. The highest BCUT2D eigenvalue weighted by molar-refractivity contribution is 5.67. The maximum Gasteiger partial charge on any atom is 0.308 e. The Kier molecular flexibility index (Phi) is 2.68. The van der Waals surface area contributed by atoms with Gasteiger partial charge in [0.1, 0.15) is 6.42 Å². The summed E-state index contributed by atoms with van der Waals surface area (Å²) in [5.74, 6) is 0. The minimum absolute atomic E-state index is 0.616. The fourth-order valence-corrected chi connectivity index (χ4v) is 0.179. The van der Waals surface area contributed by atoms with Crippen molar-refractivity contribution in [3.8, 4) is 0 Å². The molecule has 0 N–H and O–H groups in total. The summed E-state index contributed by atoms with van der Waals surface area (Å²) in [5.41, 5.74) is 0. The second-order valence-corrected chi connectivity index (χ2v) is 1.16. The van der Waals surface area contributed by atoms with E-state index in [0.29, 0.717) is 0 Å². The van der Waals surface area contributed by atoms with Crippen LogP contribution >= 0.6 is 0 Å². The van der Waals surface area contributed by atoms with Crippen LogP contribution in [0.2, 0.25) is 0 Å². The normalized spacial score (nSPS) is 8.62. The molecule has 0 aromatic heterocycles. The molecule has 46 valence electrons. The van der Waals surface area contributed by atoms with Crippen molar-refractivity contribution in [2.45, 2.75) is 6.42 Å². The van der Waals surface area contributed by atoms with Crippen molar-refractivity contribution in [1.82, 2.24) is 0 Å². The molecule has 0 rings (SSSR count). The number of hydrogen-bond acceptors (Lipinski definition) is 3. The van der Waals surface area contributed by atoms with Gasteiger partial charge in [0.15, 0.2) is 0 Å². The van der Waals surface area contributed by atoms with Gasteiger partial charge in [0.25, 0.3) is 0 Å². The van der Waals surface area contributed by atoms with Crippen LogP contribution in [0.25, 0.3) is 0 Å². The zero-order chi connectivity index (χ0) is 6.57. The van der Waals surface area contributed by atoms with Gasteiger partial charge in [-0.05, 0) is 0 Å². The Morgan fingerprint density at radius 1 is 1.75 bits per heavy atom. The molecule has 0 atom stereocenters. The Morgan fingerprint density at radius 3 is 2.38 bits per heavy atom. The largest absolute Gasteiger partial charge is 0.308 e. The summed E-state index contributed by atoms with van der Waals surface area (Å²) in [5, 5.41) is 9.39. The summed E-state index contributed by atoms with van der Waals surface area (Å²) < 4.78 is 11.1. The highest BCUT2D eigenvalue weighted by Gasteiger charge is 2.02. The number of nitrogens with zero attached hydrogens (tertiary/aromatic N) is 1. The lowest BCUT2D eigenvalue weighted by atomic mass is 10.5. The van der Waals surface area contributed by atoms with Crippen molar-refractivity contribution in [2.24, 2.45) is 0 Å². The third-order valence-corrected chi connectivity index (χ3v) is 0.491. The predicted octanol–water partition coefficient (Wildman–Crippen LogP) is 0.149. The maximum absolute atomic E-state index is 11.1. The van der Waals surface area contributed by atoms with Crippen LogP contribution in [0.15, 0.2) is 0 Å². The molecular weight excluding hydrogens is 117 g/mol. The van der Waals surface area contributed by atoms with Crippen molar-refractivity contribution in [2.75, 3.05) is 6.54 Å². The van der Waals surface area contributed by atoms with Gasteiger partial charge >= 0.3 is 6.04 Å². The first kappa shape index (κ1) is 7.00. The Labute approximate surface area is 44.4 Å². The van der Waals surface area contributed by atoms with Crippen LogP contribution in [-0.4, -0.2) is 17.5 Å². The van der Waals surface area contributed by atoms with Crippen LogP contribution in [0.3, 0.4) is 0 Å². The standard InChI is InChI=1S/C3H4FNO3/c4-3(6)1-2-5(7)8/h1-2H2. The molecule has 0 amide bonds. The van der Waals surface area contributed by atoms with E-state index in [2.05, 4.69) is 0 Å². The minimum atomic E-state index is -1.64. The van der Waals surface area contributed by atoms with Gasteiger partial charge in [-0.15, -0.1) is 0 Å². The summed E-state index contributed by atoms with van der Waals surface area (Å²) in [7, 11) is 0. The van der Waals surface area contributed by atoms with Crippen LogP contribution in [-0.2, 0) is 4.79 Å². The summed E-state index contributed by atoms with van der Waals surface area (Å²) in [6.45, 7) is -0.616. The third kappa shape index (κ3) is 5.00. The van der Waals surface area contributed by atoms with Gasteiger partial charge in [0, 0.05) is 4.92 Å². The van der Waals surface area contributed by atoms with E-state index in [-0.39, 0.29) is 0 Å². The molecule has 8 heavy (non-hydrogen) atoms. The molecule has 0 saturated carbocycles. The Hall–Kier alpha value is -1.00. The molecule has 0 radical (unpaired) electrons. The highest BCUT2D eigenvalue weighted by atomic mass is 19.1. The van der Waals surface area contributed by atoms with E-state index in [0.717, 1.165) is 0 Å². The quantitative estimate of drug-likeness (QED) is 0.303. The number of halogens is 1. The van der Waals surface area contributed by atoms with Crippen LogP contribution < -0.4 is 0 Å². The molecule has 0 unspecified atom stereocenters. The second-order valence-electron chi connectivity index (χ2n) is 1.16. The fourth-order valence-electron chi connectivity index (χ4n) is 0.179. The highest BCUT2D eigenvalue weighted by Crippen LogP contribution is 1.82. The molecule has 0 spiro atoms. The molecule has 0 aliphatic carbocycles. The zero-order valence-electron chi connectivity index (χ0n) is 3.96. The first-order valence-corrected chi connectivity index (χ1v) is 1.93. The van der Waals surface area contributed by atoms with Crippen molar-refractivity contribution in [3.05, 3.63) is 10.1 Å². The zero-order valence-corrected chi connectivity index (χ0v) is 3.96. The van der Waals surface area contributed by atoms with E-state index >= 15 is 0 Å². The number of hydrogen-bond donors (Lipinski definition) is 0. The molecule has 0 aliphatic heterocycles. The fraction of sp³-hybridized carbons (Fsp3) is 0.667. The van der Waals surface area contributed by atoms with Gasteiger partial charge in [-0.3, -0.25) is 14.9 Å². The summed E-state index contributed by atoms with van der Waals surface area (Å²) in [6.07, 6.45) is -0.618. The van der Waals surface area contributed by atoms with Gasteiger partial charge in [-0.2, -0.15) is 4.39 Å². The summed E-state index contributed by atoms with van der Waals surface area (Å²) in [6, 6.07) is -1.64. The average Bonchev–Trinajstić information content (AvgIpc) is 1.61. The molecule has 0 bridgehead atoms. The smallest absolute Gasteiger partial charge is 0.265 e. The van der Waals surface area contributed by atoms with E-state index in [1.807, 2.05) is 0 Å². The van der Waals surface area contributed by atoms with Crippen molar-refractivity contribution >= 4 is 6.04 Å². The SMILES string of the molecule is O=C(F)CC[N+](=O)[O-]. The molecular formula is C3H4FNO3. The van der Waals surface area contributed by atoms with Gasteiger partial charge in [0.05, 0.1) is 0 Å². The number of rotatable bonds is 3. The number of carbonyl (C=O) groups excluding carboxylic acids is 1. The summed E-state index contributed by atoms with van der Waals surface area (Å²) in [4.78, 5) is 18.0. The Balaban J connectivity index is 3.18. The van der Waals surface area contributed by atoms with E-state index in [1.54, 1.807) is 0 Å². The molecule has 0 aliphatic rings. The van der Waals surface area contributed by atoms with Gasteiger partial charge in [-0.1, -0.05) is 0 Å². The second kappa shape index (κ2) is 3.06. The van der Waals surface area contributed by atoms with E-state index in [1.165, 1.54) is 0 Å². The van der Waals surface area contributed by atoms with Crippen LogP contribution in [0.4, 0.5) is 4.39 Å². The first-order chi connectivity index (χ1) is 3.63. The molecule has 0 fully saturated rings. The van der Waals surface area contributed by atoms with Crippen molar-refractivity contribution in [1.29, 1.82) is 0 Å². The van der Waals surface area contributed by atoms with Crippen LogP contribution in [0, 0.1) is 10.1 Å². The van der Waals surface area contributed by atoms with E-state index in [4.69, 9.17) is 0 Å². The number of nitro groups is 1. The average molecular weight is 121 g/mol. The predicted molar refractivity (Wildman–Crippen MR) is 22.6 cm³/mol. The summed E-state index contributed by atoms with van der Waals surface area (Å²) >= 11 is 0. The molecule has 0 heterocycles. The third-order valence-electron chi connectivity index (χ3n) is 0.491. The van der Waals surface area contributed by atoms with E-state index in [9.17, 15) is 19.3 Å². The number of carbonyl (C=O) groups is 1. The molecule has 0 saturated heterocycles. The van der Waals surface area contributed by atoms with Gasteiger partial charge in [-0.25, -0.2) is 0 Å². The molecule has 0 aromatic carbocycles. The minimum Gasteiger partial charge on any atom is -0.265 e. The van der Waals surface area contributed by atoms with Gasteiger partial charge < -0.3 is 0 Å². The lowest BCUT2D eigenvalue weighted by Crippen LogP contribution is -2.03. The lowest BCUT2D eigenvalue weighted by molar-refractivity contribution is -0.478. The Bertz CT molecular complexity index is 99.1. The van der Waals surface area contributed by atoms with Crippen molar-refractivity contribution in [3.63, 3.8) is 0 Å². The van der Waals surface area contributed by atoms with Gasteiger partial charge in [0.2, 0.25) is 6.54 Å². The lowest BCUT2D eigenvalue weighted by Gasteiger charge is -1.82.